The van der Waals surface area contributed by atoms with E-state index in [1.807, 2.05) is 6.92 Å². The molecule has 0 bridgehead atoms. The lowest BCUT2D eigenvalue weighted by Gasteiger charge is -2.17. The Morgan fingerprint density at radius 1 is 1.83 bits per heavy atom. The first-order chi connectivity index (χ1) is 2.80. The molecule has 0 aliphatic heterocycles. The van der Waals surface area contributed by atoms with Crippen molar-refractivity contribution in [3.8, 4) is 0 Å². The highest BCUT2D eigenvalue weighted by Crippen LogP contribution is 2.20. The maximum Gasteiger partial charge on any atom is 0.135 e. The summed E-state index contributed by atoms with van der Waals surface area (Å²) >= 11 is 0. The van der Waals surface area contributed by atoms with Crippen LogP contribution in [0, 0.1) is 5.92 Å². The molecular weight excluding hydrogens is 76.1 g/mol. The molecule has 1 aliphatic carbocycles. The fourth-order valence-electron chi connectivity index (χ4n) is 0.551. The average molecular weight is 84.1 g/mol. The van der Waals surface area contributed by atoms with Gasteiger partial charge in [0.1, 0.15) is 5.78 Å². The molecule has 1 heteroatoms. The summed E-state index contributed by atoms with van der Waals surface area (Å²) in [4.78, 5) is 10.2. The number of ketones is 1. The molecule has 1 unspecified atom stereocenters. The predicted octanol–water partition coefficient (Wildman–Crippen LogP) is 0.985. The fraction of sp³-hybridized carbons (Fsp3) is 0.800. The van der Waals surface area contributed by atoms with Gasteiger partial charge >= 0.3 is 0 Å². The number of carbonyl (C=O) groups excluding carboxylic acids is 1. The van der Waals surface area contributed by atoms with E-state index < -0.39 is 0 Å². The van der Waals surface area contributed by atoms with Crippen molar-refractivity contribution >= 4 is 5.78 Å². The van der Waals surface area contributed by atoms with Gasteiger partial charge in [0.15, 0.2) is 0 Å². The third-order valence-corrected chi connectivity index (χ3v) is 1.37. The molecule has 0 N–H and O–H groups in total. The van der Waals surface area contributed by atoms with Crippen LogP contribution in [-0.2, 0) is 4.79 Å². The predicted molar refractivity (Wildman–Crippen MR) is 23.4 cm³/mol. The molecule has 1 rings (SSSR count). The van der Waals surface area contributed by atoms with E-state index >= 15 is 0 Å². The number of Topliss-reactive ketones (excluding diaryl/α,β-unsaturated/α-hetero) is 1. The fourth-order valence-corrected chi connectivity index (χ4v) is 0.551. The zero-order valence-electron chi connectivity index (χ0n) is 3.90. The summed E-state index contributed by atoms with van der Waals surface area (Å²) in [5.74, 6) is 0.833. The van der Waals surface area contributed by atoms with Crippen molar-refractivity contribution in [2.24, 2.45) is 5.92 Å². The third-order valence-electron chi connectivity index (χ3n) is 1.37. The van der Waals surface area contributed by atoms with Gasteiger partial charge in [-0.25, -0.2) is 0 Å². The number of rotatable bonds is 0. The molecule has 0 aromatic rings. The minimum Gasteiger partial charge on any atom is -0.299 e. The first kappa shape index (κ1) is 3.85. The maximum atomic E-state index is 10.2. The van der Waals surface area contributed by atoms with Crippen molar-refractivity contribution < 1.29 is 4.79 Å². The molecule has 1 nitrogen and oxygen atoms in total. The van der Waals surface area contributed by atoms with Crippen molar-refractivity contribution in [2.45, 2.75) is 19.8 Å². The van der Waals surface area contributed by atoms with Gasteiger partial charge in [-0.2, -0.15) is 0 Å². The Morgan fingerprint density at radius 2 is 2.33 bits per heavy atom. The van der Waals surface area contributed by atoms with E-state index in [9.17, 15) is 4.79 Å². The Kier molecular flexibility index (Phi) is 0.685. The highest BCUT2D eigenvalue weighted by Gasteiger charge is 2.21. The standard InChI is InChI=1S/C5H8O/c1-4-2-3-5(4)6/h4H,2-3H2,1H3. The van der Waals surface area contributed by atoms with Gasteiger partial charge in [-0.3, -0.25) is 4.79 Å². The Morgan fingerprint density at radius 3 is 2.33 bits per heavy atom. The average Bonchev–Trinajstić information content (AvgIpc) is 1.61. The van der Waals surface area contributed by atoms with Crippen molar-refractivity contribution in [1.29, 1.82) is 0 Å². The van der Waals surface area contributed by atoms with Crippen LogP contribution in [0.3, 0.4) is 0 Å². The van der Waals surface area contributed by atoms with Crippen LogP contribution < -0.4 is 0 Å². The van der Waals surface area contributed by atoms with Crippen LogP contribution in [0.25, 0.3) is 0 Å². The summed E-state index contributed by atoms with van der Waals surface area (Å²) in [6.45, 7) is 1.98. The SMILES string of the molecule is CC1CCC1=O. The second-order valence-corrected chi connectivity index (χ2v) is 1.91. The lowest BCUT2D eigenvalue weighted by molar-refractivity contribution is -0.128. The van der Waals surface area contributed by atoms with Crippen molar-refractivity contribution in [1.82, 2.24) is 0 Å². The van der Waals surface area contributed by atoms with E-state index in [4.69, 9.17) is 0 Å². The van der Waals surface area contributed by atoms with Crippen LogP contribution in [0.2, 0.25) is 0 Å². The largest absolute Gasteiger partial charge is 0.299 e. The van der Waals surface area contributed by atoms with Gasteiger partial charge in [0.05, 0.1) is 0 Å². The summed E-state index contributed by atoms with van der Waals surface area (Å²) in [6.07, 6.45) is 1.96. The highest BCUT2D eigenvalue weighted by molar-refractivity contribution is 5.85. The first-order valence-electron chi connectivity index (χ1n) is 2.33. The van der Waals surface area contributed by atoms with Crippen LogP contribution in [0.1, 0.15) is 19.8 Å². The second kappa shape index (κ2) is 1.07. The van der Waals surface area contributed by atoms with Gasteiger partial charge < -0.3 is 0 Å². The number of hydrogen-bond donors (Lipinski definition) is 0. The Hall–Kier alpha value is -0.330. The molecule has 1 saturated carbocycles. The van der Waals surface area contributed by atoms with Crippen LogP contribution in [0.5, 0.6) is 0 Å². The molecule has 0 saturated heterocycles. The molecule has 0 radical (unpaired) electrons. The molecule has 34 valence electrons. The van der Waals surface area contributed by atoms with Gasteiger partial charge in [0, 0.05) is 12.3 Å². The van der Waals surface area contributed by atoms with Gasteiger partial charge in [0.2, 0.25) is 0 Å². The molecule has 6 heavy (non-hydrogen) atoms. The molecule has 0 aromatic heterocycles. The Balaban J connectivity index is 2.39. The lowest BCUT2D eigenvalue weighted by atomic mass is 9.86. The monoisotopic (exact) mass is 84.1 g/mol. The Bertz CT molecular complexity index is 76.0. The summed E-state index contributed by atoms with van der Waals surface area (Å²) in [6, 6.07) is 0. The summed E-state index contributed by atoms with van der Waals surface area (Å²) < 4.78 is 0. The summed E-state index contributed by atoms with van der Waals surface area (Å²) in [5.41, 5.74) is 0. The third kappa shape index (κ3) is 0.348. The second-order valence-electron chi connectivity index (χ2n) is 1.91. The van der Waals surface area contributed by atoms with E-state index in [0.717, 1.165) is 12.8 Å². The molecular formula is C5H8O. The van der Waals surface area contributed by atoms with Crippen LogP contribution >= 0.6 is 0 Å². The first-order valence-corrected chi connectivity index (χ1v) is 2.33. The smallest absolute Gasteiger partial charge is 0.135 e. The minimum atomic E-state index is 0.394. The minimum absolute atomic E-state index is 0.394. The molecule has 0 spiro atoms. The molecule has 0 aromatic carbocycles. The topological polar surface area (TPSA) is 17.1 Å². The Labute approximate surface area is 37.4 Å². The molecule has 0 heterocycles. The summed E-state index contributed by atoms with van der Waals surface area (Å²) in [5, 5.41) is 0. The van der Waals surface area contributed by atoms with E-state index in [-0.39, 0.29) is 0 Å². The zero-order valence-corrected chi connectivity index (χ0v) is 3.90. The molecule has 1 atom stereocenters. The van der Waals surface area contributed by atoms with E-state index in [1.165, 1.54) is 0 Å². The molecule has 1 fully saturated rings. The van der Waals surface area contributed by atoms with Crippen molar-refractivity contribution in [3.05, 3.63) is 0 Å². The molecule has 1 aliphatic rings. The van der Waals surface area contributed by atoms with E-state index in [0.29, 0.717) is 11.7 Å². The van der Waals surface area contributed by atoms with Crippen LogP contribution in [0.4, 0.5) is 0 Å². The summed E-state index contributed by atoms with van der Waals surface area (Å²) in [7, 11) is 0. The zero-order chi connectivity index (χ0) is 4.57. The van der Waals surface area contributed by atoms with Gasteiger partial charge in [0.25, 0.3) is 0 Å². The van der Waals surface area contributed by atoms with Gasteiger partial charge in [-0.05, 0) is 6.42 Å². The van der Waals surface area contributed by atoms with Crippen molar-refractivity contribution in [3.63, 3.8) is 0 Å². The van der Waals surface area contributed by atoms with Gasteiger partial charge in [-0.1, -0.05) is 6.92 Å². The maximum absolute atomic E-state index is 10.2. The highest BCUT2D eigenvalue weighted by atomic mass is 16.1. The van der Waals surface area contributed by atoms with E-state index in [2.05, 4.69) is 0 Å². The number of hydrogen-bond acceptors (Lipinski definition) is 1. The number of carbonyl (C=O) groups is 1. The van der Waals surface area contributed by atoms with Gasteiger partial charge in [-0.15, -0.1) is 0 Å². The van der Waals surface area contributed by atoms with Crippen LogP contribution in [-0.4, -0.2) is 5.78 Å². The normalized spacial score (nSPS) is 32.8. The quantitative estimate of drug-likeness (QED) is 0.427. The van der Waals surface area contributed by atoms with Crippen LogP contribution in [0.15, 0.2) is 0 Å². The van der Waals surface area contributed by atoms with E-state index in [1.54, 1.807) is 0 Å². The van der Waals surface area contributed by atoms with Crippen molar-refractivity contribution in [2.75, 3.05) is 0 Å². The molecule has 0 amide bonds. The lowest BCUT2D eigenvalue weighted by Crippen LogP contribution is -2.21.